The molecule has 0 bridgehead atoms. The molecular weight excluding hydrogens is 238 g/mol. The summed E-state index contributed by atoms with van der Waals surface area (Å²) in [7, 11) is 0. The van der Waals surface area contributed by atoms with Gasteiger partial charge in [0.1, 0.15) is 0 Å². The summed E-state index contributed by atoms with van der Waals surface area (Å²) in [5.41, 5.74) is 7.28. The lowest BCUT2D eigenvalue weighted by Crippen LogP contribution is -2.30. The zero-order valence-electron chi connectivity index (χ0n) is 10.7. The fourth-order valence-corrected chi connectivity index (χ4v) is 2.67. The molecule has 0 unspecified atom stereocenters. The molecule has 3 rings (SSSR count). The van der Waals surface area contributed by atoms with Gasteiger partial charge in [-0.3, -0.25) is 9.78 Å². The van der Waals surface area contributed by atoms with Gasteiger partial charge in [-0.2, -0.15) is 0 Å². The average molecular weight is 255 g/mol. The number of amides is 1. The van der Waals surface area contributed by atoms with Crippen molar-refractivity contribution in [1.82, 2.24) is 9.88 Å². The first-order chi connectivity index (χ1) is 9.29. The van der Waals surface area contributed by atoms with Crippen LogP contribution in [0, 0.1) is 5.92 Å². The number of carbonyl (C=O) groups excluding carboxylic acids is 1. The van der Waals surface area contributed by atoms with E-state index in [0.29, 0.717) is 12.5 Å². The molecule has 0 saturated carbocycles. The molecule has 0 radical (unpaired) electrons. The number of pyridine rings is 1. The van der Waals surface area contributed by atoms with Crippen LogP contribution in [0.5, 0.6) is 0 Å². The average Bonchev–Trinajstić information content (AvgIpc) is 2.95. The van der Waals surface area contributed by atoms with Crippen molar-refractivity contribution >= 4 is 16.8 Å². The Bertz CT molecular complexity index is 606. The third-order valence-corrected chi connectivity index (χ3v) is 3.78. The fraction of sp³-hybridized carbons (Fsp3) is 0.333. The molecule has 0 spiro atoms. The number of likely N-dealkylation sites (tertiary alicyclic amines) is 1. The van der Waals surface area contributed by atoms with Crippen LogP contribution in [0.15, 0.2) is 36.5 Å². The number of aromatic nitrogens is 1. The molecule has 1 amide bonds. The maximum Gasteiger partial charge on any atom is 0.254 e. The number of nitrogens with zero attached hydrogens (tertiary/aromatic N) is 2. The van der Waals surface area contributed by atoms with Crippen LogP contribution >= 0.6 is 0 Å². The highest BCUT2D eigenvalue weighted by molar-refractivity contribution is 6.06. The number of fused-ring (bicyclic) bond motifs is 1. The van der Waals surface area contributed by atoms with E-state index in [1.807, 2.05) is 35.2 Å². The maximum absolute atomic E-state index is 12.6. The quantitative estimate of drug-likeness (QED) is 0.887. The summed E-state index contributed by atoms with van der Waals surface area (Å²) < 4.78 is 0. The van der Waals surface area contributed by atoms with Gasteiger partial charge in [0.25, 0.3) is 5.91 Å². The van der Waals surface area contributed by atoms with Crippen molar-refractivity contribution in [1.29, 1.82) is 0 Å². The van der Waals surface area contributed by atoms with E-state index >= 15 is 0 Å². The molecule has 2 aromatic rings. The minimum absolute atomic E-state index is 0.0922. The van der Waals surface area contributed by atoms with Crippen LogP contribution in [0.1, 0.15) is 16.8 Å². The third kappa shape index (κ3) is 2.19. The van der Waals surface area contributed by atoms with Crippen molar-refractivity contribution in [3.63, 3.8) is 0 Å². The highest BCUT2D eigenvalue weighted by Crippen LogP contribution is 2.22. The van der Waals surface area contributed by atoms with Crippen LogP contribution in [0.3, 0.4) is 0 Å². The lowest BCUT2D eigenvalue weighted by atomic mass is 10.1. The molecular formula is C15H17N3O. The summed E-state index contributed by atoms with van der Waals surface area (Å²) >= 11 is 0. The molecule has 1 saturated heterocycles. The first-order valence-corrected chi connectivity index (χ1v) is 6.62. The number of rotatable bonds is 2. The van der Waals surface area contributed by atoms with Crippen LogP contribution < -0.4 is 5.73 Å². The topological polar surface area (TPSA) is 59.2 Å². The number of hydrogen-bond donors (Lipinski definition) is 1. The van der Waals surface area contributed by atoms with Crippen LogP contribution in [-0.2, 0) is 0 Å². The second kappa shape index (κ2) is 4.97. The van der Waals surface area contributed by atoms with E-state index in [0.717, 1.165) is 36.0 Å². The minimum Gasteiger partial charge on any atom is -0.338 e. The smallest absolute Gasteiger partial charge is 0.254 e. The predicted octanol–water partition coefficient (Wildman–Crippen LogP) is 1.66. The number of hydrogen-bond acceptors (Lipinski definition) is 3. The van der Waals surface area contributed by atoms with Gasteiger partial charge in [0, 0.05) is 30.2 Å². The third-order valence-electron chi connectivity index (χ3n) is 3.78. The van der Waals surface area contributed by atoms with Gasteiger partial charge in [0.2, 0.25) is 0 Å². The highest BCUT2D eigenvalue weighted by Gasteiger charge is 2.26. The number of carbonyl (C=O) groups is 1. The van der Waals surface area contributed by atoms with Crippen LogP contribution in [0.4, 0.5) is 0 Å². The Hall–Kier alpha value is -1.94. The first kappa shape index (κ1) is 12.1. The van der Waals surface area contributed by atoms with Gasteiger partial charge >= 0.3 is 0 Å². The zero-order chi connectivity index (χ0) is 13.2. The summed E-state index contributed by atoms with van der Waals surface area (Å²) in [5.74, 6) is 0.534. The van der Waals surface area contributed by atoms with E-state index in [1.54, 1.807) is 6.20 Å². The second-order valence-electron chi connectivity index (χ2n) is 5.02. The number of benzene rings is 1. The van der Waals surface area contributed by atoms with Crippen LogP contribution in [0.2, 0.25) is 0 Å². The SMILES string of the molecule is NC[C@@H]1CCN(C(=O)c2cccc3ncccc23)C1. The molecule has 1 aliphatic heterocycles. The number of nitrogens with two attached hydrogens (primary N) is 1. The van der Waals surface area contributed by atoms with Gasteiger partial charge in [-0.05, 0) is 37.1 Å². The molecule has 0 aliphatic carbocycles. The minimum atomic E-state index is 0.0922. The molecule has 1 aliphatic rings. The van der Waals surface area contributed by atoms with Crippen LogP contribution in [-0.4, -0.2) is 35.4 Å². The molecule has 1 aromatic carbocycles. The summed E-state index contributed by atoms with van der Waals surface area (Å²) in [5, 5.41) is 0.922. The van der Waals surface area contributed by atoms with Crippen molar-refractivity contribution in [2.75, 3.05) is 19.6 Å². The lowest BCUT2D eigenvalue weighted by molar-refractivity contribution is 0.0789. The Morgan fingerprint density at radius 1 is 1.37 bits per heavy atom. The highest BCUT2D eigenvalue weighted by atomic mass is 16.2. The van der Waals surface area contributed by atoms with Gasteiger partial charge in [-0.15, -0.1) is 0 Å². The molecule has 2 heterocycles. The van der Waals surface area contributed by atoms with Gasteiger partial charge in [-0.1, -0.05) is 12.1 Å². The second-order valence-corrected chi connectivity index (χ2v) is 5.02. The first-order valence-electron chi connectivity index (χ1n) is 6.62. The summed E-state index contributed by atoms with van der Waals surface area (Å²) in [6.45, 7) is 2.23. The van der Waals surface area contributed by atoms with Gasteiger partial charge in [-0.25, -0.2) is 0 Å². The summed E-state index contributed by atoms with van der Waals surface area (Å²) in [6.07, 6.45) is 2.75. The zero-order valence-corrected chi connectivity index (χ0v) is 10.7. The predicted molar refractivity (Wildman–Crippen MR) is 74.8 cm³/mol. The van der Waals surface area contributed by atoms with E-state index < -0.39 is 0 Å². The Kier molecular flexibility index (Phi) is 3.17. The molecule has 2 N–H and O–H groups in total. The Balaban J connectivity index is 1.94. The maximum atomic E-state index is 12.6. The van der Waals surface area contributed by atoms with Crippen molar-refractivity contribution < 1.29 is 4.79 Å². The largest absolute Gasteiger partial charge is 0.338 e. The van der Waals surface area contributed by atoms with Gasteiger partial charge in [0.15, 0.2) is 0 Å². The molecule has 1 atom stereocenters. The molecule has 1 aromatic heterocycles. The summed E-state index contributed by atoms with van der Waals surface area (Å²) in [4.78, 5) is 18.8. The van der Waals surface area contributed by atoms with E-state index in [2.05, 4.69) is 4.98 Å². The van der Waals surface area contributed by atoms with Crippen molar-refractivity contribution in [2.45, 2.75) is 6.42 Å². The van der Waals surface area contributed by atoms with Crippen molar-refractivity contribution in [3.05, 3.63) is 42.1 Å². The Labute approximate surface area is 112 Å². The van der Waals surface area contributed by atoms with Gasteiger partial charge in [0.05, 0.1) is 5.52 Å². The Morgan fingerprint density at radius 2 is 2.26 bits per heavy atom. The Morgan fingerprint density at radius 3 is 3.05 bits per heavy atom. The standard InChI is InChI=1S/C15H17N3O/c16-9-11-6-8-18(10-11)15(19)13-3-1-5-14-12(13)4-2-7-17-14/h1-5,7,11H,6,8-10,16H2/t11-/m0/s1. The van der Waals surface area contributed by atoms with Crippen molar-refractivity contribution in [2.24, 2.45) is 11.7 Å². The summed E-state index contributed by atoms with van der Waals surface area (Å²) in [6, 6.07) is 9.51. The fourth-order valence-electron chi connectivity index (χ4n) is 2.67. The van der Waals surface area contributed by atoms with E-state index in [4.69, 9.17) is 5.73 Å². The van der Waals surface area contributed by atoms with E-state index in [-0.39, 0.29) is 5.91 Å². The molecule has 4 heteroatoms. The molecule has 98 valence electrons. The monoisotopic (exact) mass is 255 g/mol. The molecule has 19 heavy (non-hydrogen) atoms. The normalized spacial score (nSPS) is 19.0. The molecule has 1 fully saturated rings. The van der Waals surface area contributed by atoms with Crippen molar-refractivity contribution in [3.8, 4) is 0 Å². The van der Waals surface area contributed by atoms with E-state index in [9.17, 15) is 4.79 Å². The lowest BCUT2D eigenvalue weighted by Gasteiger charge is -2.17. The van der Waals surface area contributed by atoms with Crippen LogP contribution in [0.25, 0.3) is 10.9 Å². The molecule has 4 nitrogen and oxygen atoms in total. The van der Waals surface area contributed by atoms with Gasteiger partial charge < -0.3 is 10.6 Å². The van der Waals surface area contributed by atoms with E-state index in [1.165, 1.54) is 0 Å².